The summed E-state index contributed by atoms with van der Waals surface area (Å²) < 4.78 is 32.5. The normalized spacial score (nSPS) is 46.0. The van der Waals surface area contributed by atoms with Gasteiger partial charge in [-0.1, -0.05) is 71.1 Å². The molecule has 0 aromatic carbocycles. The van der Waals surface area contributed by atoms with Gasteiger partial charge in [0.15, 0.2) is 0 Å². The number of carbonyl (C=O) groups is 1. The average molecular weight is 297 g/mol. The minimum atomic E-state index is -2.03. The minimum absolute atomic E-state index is 0.00398. The van der Waals surface area contributed by atoms with Gasteiger partial charge in [-0.25, -0.2) is 0 Å². The number of aldehydes is 1. The molecule has 0 bridgehead atoms. The molecule has 2 rings (SSSR count). The van der Waals surface area contributed by atoms with Crippen LogP contribution in [0.5, 0.6) is 0 Å². The van der Waals surface area contributed by atoms with Crippen molar-refractivity contribution in [1.82, 2.24) is 0 Å². The highest BCUT2D eigenvalue weighted by molar-refractivity contribution is 5.53. The number of hydrogen-bond donors (Lipinski definition) is 0. The maximum atomic E-state index is 11.2. The molecule has 1 nitrogen and oxygen atoms in total. The zero-order valence-electron chi connectivity index (χ0n) is 17.8. The molecule has 0 radical (unpaired) electrons. The van der Waals surface area contributed by atoms with Crippen molar-refractivity contribution < 1.29 is 10.3 Å². The van der Waals surface area contributed by atoms with Crippen molar-refractivity contribution in [3.63, 3.8) is 0 Å². The summed E-state index contributed by atoms with van der Waals surface area (Å²) in [4.78, 5) is 11.2. The van der Waals surface area contributed by atoms with Crippen LogP contribution < -0.4 is 0 Å². The molecule has 2 fully saturated rings. The van der Waals surface area contributed by atoms with Crippen molar-refractivity contribution in [1.29, 1.82) is 0 Å². The summed E-state index contributed by atoms with van der Waals surface area (Å²) >= 11 is 0. The summed E-state index contributed by atoms with van der Waals surface area (Å²) in [7, 11) is 0. The summed E-state index contributed by atoms with van der Waals surface area (Å²) in [6, 6.07) is 0. The summed E-state index contributed by atoms with van der Waals surface area (Å²) in [5.74, 6) is -0.0936. The molecule has 2 saturated carbocycles. The lowest BCUT2D eigenvalue weighted by molar-refractivity contribution is -0.112. The van der Waals surface area contributed by atoms with E-state index in [1.807, 2.05) is 0 Å². The zero-order chi connectivity index (χ0) is 18.5. The molecule has 0 heterocycles. The Morgan fingerprint density at radius 2 is 1.57 bits per heavy atom. The second-order valence-electron chi connectivity index (χ2n) is 7.21. The van der Waals surface area contributed by atoms with Gasteiger partial charge in [-0.3, -0.25) is 0 Å². The first-order chi connectivity index (χ1) is 11.8. The lowest BCUT2D eigenvalue weighted by Crippen LogP contribution is -2.18. The van der Waals surface area contributed by atoms with E-state index in [1.54, 1.807) is 0 Å². The average Bonchev–Trinajstić information content (AvgIpc) is 2.61. The van der Waals surface area contributed by atoms with Gasteiger partial charge in [0, 0.05) is 11.4 Å². The summed E-state index contributed by atoms with van der Waals surface area (Å²) in [5.41, 5.74) is 0. The summed E-state index contributed by atoms with van der Waals surface area (Å²) in [6.07, 6.45) is 11.0. The number of carbonyl (C=O) groups excluding carboxylic acids is 1. The van der Waals surface area contributed by atoms with Gasteiger partial charge in [-0.2, -0.15) is 0 Å². The molecule has 122 valence electrons. The predicted molar refractivity (Wildman–Crippen MR) is 90.3 cm³/mol. The van der Waals surface area contributed by atoms with Gasteiger partial charge in [0.25, 0.3) is 0 Å². The molecule has 1 unspecified atom stereocenters. The highest BCUT2D eigenvalue weighted by atomic mass is 16.1. The molecule has 0 spiro atoms. The van der Waals surface area contributed by atoms with E-state index in [2.05, 4.69) is 6.92 Å². The van der Waals surface area contributed by atoms with Crippen LogP contribution in [-0.2, 0) is 4.79 Å². The molecule has 0 aromatic rings. The fourth-order valence-corrected chi connectivity index (χ4v) is 3.98. The van der Waals surface area contributed by atoms with Crippen LogP contribution in [0.4, 0.5) is 0 Å². The van der Waals surface area contributed by atoms with Crippen molar-refractivity contribution in [3.05, 3.63) is 0 Å². The summed E-state index contributed by atoms with van der Waals surface area (Å²) in [6.45, 7) is 2.25. The largest absolute Gasteiger partial charge is 0.303 e. The Balaban J connectivity index is 1.75. The fourth-order valence-electron chi connectivity index (χ4n) is 3.98. The number of rotatable bonds is 8. The quantitative estimate of drug-likeness (QED) is 0.387. The Morgan fingerprint density at radius 1 is 0.952 bits per heavy atom. The van der Waals surface area contributed by atoms with Gasteiger partial charge in [-0.05, 0) is 43.4 Å². The highest BCUT2D eigenvalue weighted by Crippen LogP contribution is 2.37. The molecule has 0 aromatic heterocycles. The van der Waals surface area contributed by atoms with E-state index >= 15 is 0 Å². The molecule has 0 saturated heterocycles. The second-order valence-corrected chi connectivity index (χ2v) is 7.21. The first-order valence-electron chi connectivity index (χ1n) is 11.3. The molecule has 0 amide bonds. The Bertz CT molecular complexity index is 420. The van der Waals surface area contributed by atoms with E-state index in [9.17, 15) is 4.79 Å². The van der Waals surface area contributed by atoms with E-state index in [-0.39, 0.29) is 12.3 Å². The van der Waals surface area contributed by atoms with Crippen LogP contribution in [0.25, 0.3) is 0 Å². The second kappa shape index (κ2) is 9.64. The van der Waals surface area contributed by atoms with Crippen molar-refractivity contribution >= 4 is 6.29 Å². The molecule has 0 aliphatic heterocycles. The van der Waals surface area contributed by atoms with E-state index < -0.39 is 18.7 Å². The van der Waals surface area contributed by atoms with Gasteiger partial charge < -0.3 is 4.79 Å². The van der Waals surface area contributed by atoms with Crippen LogP contribution in [0.15, 0.2) is 0 Å². The predicted octanol–water partition coefficient (Wildman–Crippen LogP) is 6.16. The van der Waals surface area contributed by atoms with E-state index in [0.29, 0.717) is 12.7 Å². The zero-order valence-corrected chi connectivity index (χ0v) is 13.8. The van der Waals surface area contributed by atoms with Crippen LogP contribution >= 0.6 is 0 Å². The smallest absolute Gasteiger partial charge is 0.123 e. The molecule has 3 atom stereocenters. The maximum absolute atomic E-state index is 11.2. The van der Waals surface area contributed by atoms with Crippen molar-refractivity contribution in [2.75, 3.05) is 0 Å². The lowest BCUT2D eigenvalue weighted by Gasteiger charge is -2.31. The first kappa shape index (κ1) is 12.1. The van der Waals surface area contributed by atoms with Crippen LogP contribution in [-0.4, -0.2) is 6.29 Å². The minimum Gasteiger partial charge on any atom is -0.303 e. The SMILES string of the molecule is [2H]C1[C@@H](CCC2CCC(CCCCC)CC2)CC[C@]([2H])(C=O)C1([2H])[2H]. The summed E-state index contributed by atoms with van der Waals surface area (Å²) in [5, 5.41) is 0. The van der Waals surface area contributed by atoms with Gasteiger partial charge in [-0.15, -0.1) is 0 Å². The van der Waals surface area contributed by atoms with Gasteiger partial charge in [0.05, 0.1) is 0 Å². The Kier molecular flexibility index (Phi) is 5.57. The van der Waals surface area contributed by atoms with Gasteiger partial charge in [0.2, 0.25) is 0 Å². The Morgan fingerprint density at radius 3 is 2.24 bits per heavy atom. The molecule has 0 N–H and O–H groups in total. The van der Waals surface area contributed by atoms with Crippen molar-refractivity contribution in [3.8, 4) is 0 Å². The highest BCUT2D eigenvalue weighted by Gasteiger charge is 2.24. The van der Waals surface area contributed by atoms with E-state index in [4.69, 9.17) is 5.48 Å². The van der Waals surface area contributed by atoms with Crippen molar-refractivity contribution in [2.45, 2.75) is 96.7 Å². The fraction of sp³-hybridized carbons (Fsp3) is 0.950. The number of unbranched alkanes of at least 4 members (excludes halogenated alkanes) is 2. The van der Waals surface area contributed by atoms with Gasteiger partial charge >= 0.3 is 0 Å². The molecule has 1 heteroatoms. The third kappa shape index (κ3) is 6.12. The van der Waals surface area contributed by atoms with Gasteiger partial charge in [0.1, 0.15) is 6.29 Å². The third-order valence-electron chi connectivity index (χ3n) is 5.56. The Hall–Kier alpha value is -0.330. The van der Waals surface area contributed by atoms with E-state index in [0.717, 1.165) is 24.7 Å². The molecular formula is C20H36O. The molecular weight excluding hydrogens is 256 g/mol. The van der Waals surface area contributed by atoms with Crippen LogP contribution in [0.3, 0.4) is 0 Å². The van der Waals surface area contributed by atoms with Crippen LogP contribution in [0, 0.1) is 23.6 Å². The molecule has 21 heavy (non-hydrogen) atoms. The van der Waals surface area contributed by atoms with Crippen molar-refractivity contribution in [2.24, 2.45) is 23.6 Å². The van der Waals surface area contributed by atoms with Crippen LogP contribution in [0.2, 0.25) is 0 Å². The monoisotopic (exact) mass is 296 g/mol. The third-order valence-corrected chi connectivity index (χ3v) is 5.56. The number of hydrogen-bond acceptors (Lipinski definition) is 1. The van der Waals surface area contributed by atoms with E-state index in [1.165, 1.54) is 51.4 Å². The molecule has 2 aliphatic carbocycles. The maximum Gasteiger partial charge on any atom is 0.123 e. The molecule has 2 aliphatic rings. The lowest BCUT2D eigenvalue weighted by atomic mass is 9.75. The van der Waals surface area contributed by atoms with Crippen LogP contribution in [0.1, 0.15) is 102 Å². The first-order valence-corrected chi connectivity index (χ1v) is 9.22. The Labute approximate surface area is 137 Å². The topological polar surface area (TPSA) is 17.1 Å². The standard InChI is InChI=1S/C20H36O/c1-2-3-4-5-17-6-8-18(9-7-17)10-11-19-12-14-20(16-21)15-13-19/h16-20H,2-15H2,1H3/t17?,18?,19-,20-/i12D,14D2,20D/t12?,17?,18?,19-,20-/m1/s1.